The van der Waals surface area contributed by atoms with Gasteiger partial charge in [-0.25, -0.2) is 0 Å². The Morgan fingerprint density at radius 2 is 2.08 bits per heavy atom. The molecule has 2 aliphatic rings. The van der Waals surface area contributed by atoms with E-state index in [0.717, 1.165) is 11.4 Å². The third-order valence-electron chi connectivity index (χ3n) is 4.48. The molecule has 0 unspecified atom stereocenters. The summed E-state index contributed by atoms with van der Waals surface area (Å²) in [5.41, 5.74) is 8.65. The van der Waals surface area contributed by atoms with Gasteiger partial charge in [0.15, 0.2) is 11.5 Å². The number of fused-ring (bicyclic) bond motifs is 1. The third kappa shape index (κ3) is 3.17. The minimum Gasteiger partial charge on any atom is -0.486 e. The molecule has 26 heavy (non-hydrogen) atoms. The first-order valence-corrected chi connectivity index (χ1v) is 8.65. The molecular weight excluding hydrogens is 334 g/mol. The minimum absolute atomic E-state index is 0.0960. The predicted molar refractivity (Wildman–Crippen MR) is 95.4 cm³/mol. The Morgan fingerprint density at radius 1 is 1.23 bits per heavy atom. The lowest BCUT2D eigenvalue weighted by atomic mass is 10.1. The summed E-state index contributed by atoms with van der Waals surface area (Å²) in [4.78, 5) is 19.3. The van der Waals surface area contributed by atoms with Gasteiger partial charge in [-0.2, -0.15) is 0 Å². The summed E-state index contributed by atoms with van der Waals surface area (Å²) in [6, 6.07) is 8.99. The standard InChI is InChI=1S/C19H21N3O4/c1-12-9-13(20)10-15(21-12)17-11-22(5-6-24-17)19(23)14-3-2-4-16-18(14)26-8-7-25-16/h2-4,9-10,17H,5-8,11H2,1H3,(H2,20,21)/t17-/m0/s1. The molecule has 1 amide bonds. The van der Waals surface area contributed by atoms with Crippen LogP contribution >= 0.6 is 0 Å². The number of rotatable bonds is 2. The van der Waals surface area contributed by atoms with E-state index in [1.165, 1.54) is 0 Å². The number of hydrogen-bond acceptors (Lipinski definition) is 6. The van der Waals surface area contributed by atoms with E-state index in [2.05, 4.69) is 4.98 Å². The van der Waals surface area contributed by atoms with Gasteiger partial charge < -0.3 is 24.8 Å². The molecule has 1 saturated heterocycles. The molecule has 0 spiro atoms. The van der Waals surface area contributed by atoms with Crippen LogP contribution in [0.4, 0.5) is 5.69 Å². The van der Waals surface area contributed by atoms with Gasteiger partial charge in [-0.15, -0.1) is 0 Å². The first-order chi connectivity index (χ1) is 12.6. The van der Waals surface area contributed by atoms with Gasteiger partial charge in [-0.3, -0.25) is 9.78 Å². The van der Waals surface area contributed by atoms with Crippen molar-refractivity contribution in [3.8, 4) is 11.5 Å². The van der Waals surface area contributed by atoms with Crippen LogP contribution in [-0.4, -0.2) is 48.7 Å². The van der Waals surface area contributed by atoms with Crippen LogP contribution in [-0.2, 0) is 4.74 Å². The summed E-state index contributed by atoms with van der Waals surface area (Å²) in [7, 11) is 0. The van der Waals surface area contributed by atoms with Crippen LogP contribution in [0, 0.1) is 6.92 Å². The Hall–Kier alpha value is -2.80. The Kier molecular flexibility index (Phi) is 4.38. The molecule has 7 heteroatoms. The summed E-state index contributed by atoms with van der Waals surface area (Å²) in [6.45, 7) is 4.19. The highest BCUT2D eigenvalue weighted by molar-refractivity contribution is 5.98. The monoisotopic (exact) mass is 355 g/mol. The first kappa shape index (κ1) is 16.7. The lowest BCUT2D eigenvalue weighted by Gasteiger charge is -2.33. The smallest absolute Gasteiger partial charge is 0.257 e. The van der Waals surface area contributed by atoms with Crippen LogP contribution in [0.15, 0.2) is 30.3 Å². The largest absolute Gasteiger partial charge is 0.486 e. The molecule has 2 N–H and O–H groups in total. The van der Waals surface area contributed by atoms with Crippen LogP contribution in [0.2, 0.25) is 0 Å². The lowest BCUT2D eigenvalue weighted by molar-refractivity contribution is -0.0249. The molecule has 3 heterocycles. The average Bonchev–Trinajstić information content (AvgIpc) is 2.66. The van der Waals surface area contributed by atoms with Crippen molar-refractivity contribution in [3.05, 3.63) is 47.3 Å². The summed E-state index contributed by atoms with van der Waals surface area (Å²) in [5, 5.41) is 0. The molecule has 0 radical (unpaired) electrons. The zero-order valence-corrected chi connectivity index (χ0v) is 14.6. The van der Waals surface area contributed by atoms with Gasteiger partial charge in [0, 0.05) is 17.9 Å². The molecule has 2 aliphatic heterocycles. The van der Waals surface area contributed by atoms with Gasteiger partial charge in [0.25, 0.3) is 5.91 Å². The van der Waals surface area contributed by atoms with Crippen molar-refractivity contribution in [2.24, 2.45) is 0 Å². The third-order valence-corrected chi connectivity index (χ3v) is 4.48. The van der Waals surface area contributed by atoms with E-state index in [4.69, 9.17) is 19.9 Å². The number of nitrogens with zero attached hydrogens (tertiary/aromatic N) is 2. The number of pyridine rings is 1. The van der Waals surface area contributed by atoms with Crippen LogP contribution in [0.5, 0.6) is 11.5 Å². The second-order valence-electron chi connectivity index (χ2n) is 6.41. The van der Waals surface area contributed by atoms with Crippen molar-refractivity contribution >= 4 is 11.6 Å². The number of carbonyl (C=O) groups excluding carboxylic acids is 1. The van der Waals surface area contributed by atoms with Gasteiger partial charge in [0.2, 0.25) is 0 Å². The Balaban J connectivity index is 1.57. The maximum atomic E-state index is 13.1. The number of ether oxygens (including phenoxy) is 3. The molecule has 4 rings (SSSR count). The number of carbonyl (C=O) groups is 1. The Labute approximate surface area is 151 Å². The summed E-state index contributed by atoms with van der Waals surface area (Å²) >= 11 is 0. The van der Waals surface area contributed by atoms with Crippen LogP contribution in [0.1, 0.15) is 27.8 Å². The van der Waals surface area contributed by atoms with Crippen molar-refractivity contribution in [2.75, 3.05) is 38.6 Å². The van der Waals surface area contributed by atoms with E-state index in [1.54, 1.807) is 17.0 Å². The average molecular weight is 355 g/mol. The molecule has 0 saturated carbocycles. The maximum Gasteiger partial charge on any atom is 0.257 e. The molecular formula is C19H21N3O4. The Bertz CT molecular complexity index is 819. The minimum atomic E-state index is -0.299. The number of amides is 1. The van der Waals surface area contributed by atoms with Crippen molar-refractivity contribution in [1.82, 2.24) is 9.88 Å². The van der Waals surface area contributed by atoms with E-state index < -0.39 is 0 Å². The van der Waals surface area contributed by atoms with Crippen LogP contribution in [0.3, 0.4) is 0 Å². The number of hydrogen-bond donors (Lipinski definition) is 1. The van der Waals surface area contributed by atoms with Crippen molar-refractivity contribution in [3.63, 3.8) is 0 Å². The number of anilines is 1. The van der Waals surface area contributed by atoms with E-state index in [-0.39, 0.29) is 12.0 Å². The number of para-hydroxylation sites is 1. The van der Waals surface area contributed by atoms with Gasteiger partial charge in [0.05, 0.1) is 24.4 Å². The van der Waals surface area contributed by atoms with Gasteiger partial charge in [-0.05, 0) is 31.2 Å². The van der Waals surface area contributed by atoms with Crippen LogP contribution < -0.4 is 15.2 Å². The van der Waals surface area contributed by atoms with E-state index >= 15 is 0 Å². The number of nitrogens with two attached hydrogens (primary N) is 1. The quantitative estimate of drug-likeness (QED) is 0.886. The maximum absolute atomic E-state index is 13.1. The van der Waals surface area contributed by atoms with Crippen molar-refractivity contribution in [1.29, 1.82) is 0 Å². The molecule has 2 aromatic rings. The highest BCUT2D eigenvalue weighted by Gasteiger charge is 2.30. The lowest BCUT2D eigenvalue weighted by Crippen LogP contribution is -2.42. The fourth-order valence-corrected chi connectivity index (χ4v) is 3.31. The predicted octanol–water partition coefficient (Wildman–Crippen LogP) is 1.96. The van der Waals surface area contributed by atoms with E-state index in [1.807, 2.05) is 25.1 Å². The number of nitrogen functional groups attached to an aromatic ring is 1. The topological polar surface area (TPSA) is 86.9 Å². The summed E-state index contributed by atoms with van der Waals surface area (Å²) in [5.74, 6) is 1.03. The molecule has 1 aromatic heterocycles. The fourth-order valence-electron chi connectivity index (χ4n) is 3.31. The normalized spacial score (nSPS) is 19.3. The highest BCUT2D eigenvalue weighted by atomic mass is 16.6. The molecule has 136 valence electrons. The van der Waals surface area contributed by atoms with Crippen LogP contribution in [0.25, 0.3) is 0 Å². The Morgan fingerprint density at radius 3 is 2.92 bits per heavy atom. The molecule has 7 nitrogen and oxygen atoms in total. The number of aromatic nitrogens is 1. The summed E-state index contributed by atoms with van der Waals surface area (Å²) < 4.78 is 17.1. The van der Waals surface area contributed by atoms with Crippen molar-refractivity contribution < 1.29 is 19.0 Å². The molecule has 1 fully saturated rings. The molecule has 1 aromatic carbocycles. The van der Waals surface area contributed by atoms with E-state index in [9.17, 15) is 4.79 Å². The second kappa shape index (κ2) is 6.84. The molecule has 0 bridgehead atoms. The second-order valence-corrected chi connectivity index (χ2v) is 6.41. The number of morpholine rings is 1. The van der Waals surface area contributed by atoms with Gasteiger partial charge in [0.1, 0.15) is 19.3 Å². The number of benzene rings is 1. The zero-order valence-electron chi connectivity index (χ0n) is 14.6. The van der Waals surface area contributed by atoms with Gasteiger partial charge in [-0.1, -0.05) is 6.07 Å². The SMILES string of the molecule is Cc1cc(N)cc([C@@H]2CN(C(=O)c3cccc4c3OCCO4)CCO2)n1. The summed E-state index contributed by atoms with van der Waals surface area (Å²) in [6.07, 6.45) is -0.299. The number of aryl methyl sites for hydroxylation is 1. The first-order valence-electron chi connectivity index (χ1n) is 8.65. The zero-order chi connectivity index (χ0) is 18.1. The van der Waals surface area contributed by atoms with E-state index in [0.29, 0.717) is 55.7 Å². The molecule has 0 aliphatic carbocycles. The highest BCUT2D eigenvalue weighted by Crippen LogP contribution is 2.35. The van der Waals surface area contributed by atoms with Gasteiger partial charge >= 0.3 is 0 Å². The fraction of sp³-hybridized carbons (Fsp3) is 0.368. The molecule has 1 atom stereocenters. The van der Waals surface area contributed by atoms with Crippen molar-refractivity contribution in [2.45, 2.75) is 13.0 Å².